The Balaban J connectivity index is 2.77. The molecular weight excluding hydrogens is 212 g/mol. The monoisotopic (exact) mass is 221 g/mol. The Morgan fingerprint density at radius 3 is 2.62 bits per heavy atom. The van der Waals surface area contributed by atoms with E-state index in [1.54, 1.807) is 18.2 Å². The standard InChI is InChI=1S/C9H10Cl2FN/c10-7-2-1-6(9(11)4-7)3-8(12)5-13/h1-2,4,8H,3,5,13H2. The highest BCUT2D eigenvalue weighted by atomic mass is 35.5. The second-order valence-corrected chi connectivity index (χ2v) is 3.62. The minimum Gasteiger partial charge on any atom is -0.328 e. The lowest BCUT2D eigenvalue weighted by Gasteiger charge is -2.07. The Morgan fingerprint density at radius 1 is 1.38 bits per heavy atom. The Hall–Kier alpha value is -0.310. The maximum atomic E-state index is 12.9. The average molecular weight is 222 g/mol. The molecule has 72 valence electrons. The van der Waals surface area contributed by atoms with E-state index < -0.39 is 6.17 Å². The van der Waals surface area contributed by atoms with Crippen LogP contribution in [0.3, 0.4) is 0 Å². The van der Waals surface area contributed by atoms with Crippen molar-refractivity contribution in [3.8, 4) is 0 Å². The number of hydrogen-bond acceptors (Lipinski definition) is 1. The van der Waals surface area contributed by atoms with E-state index in [2.05, 4.69) is 0 Å². The first-order valence-electron chi connectivity index (χ1n) is 3.91. The molecule has 0 fully saturated rings. The van der Waals surface area contributed by atoms with E-state index >= 15 is 0 Å². The number of nitrogens with two attached hydrogens (primary N) is 1. The Bertz CT molecular complexity index is 291. The lowest BCUT2D eigenvalue weighted by Crippen LogP contribution is -2.17. The second-order valence-electron chi connectivity index (χ2n) is 2.77. The van der Waals surface area contributed by atoms with Crippen LogP contribution in [0.2, 0.25) is 10.0 Å². The van der Waals surface area contributed by atoms with Crippen molar-refractivity contribution >= 4 is 23.2 Å². The van der Waals surface area contributed by atoms with Crippen molar-refractivity contribution in [2.75, 3.05) is 6.54 Å². The molecule has 1 atom stereocenters. The lowest BCUT2D eigenvalue weighted by molar-refractivity contribution is 0.340. The van der Waals surface area contributed by atoms with Gasteiger partial charge in [0.1, 0.15) is 6.17 Å². The zero-order chi connectivity index (χ0) is 9.84. The van der Waals surface area contributed by atoms with Crippen LogP contribution in [-0.4, -0.2) is 12.7 Å². The molecule has 1 aromatic carbocycles. The van der Waals surface area contributed by atoms with Crippen molar-refractivity contribution in [1.82, 2.24) is 0 Å². The summed E-state index contributed by atoms with van der Waals surface area (Å²) in [6.07, 6.45) is -0.800. The first-order chi connectivity index (χ1) is 6.13. The summed E-state index contributed by atoms with van der Waals surface area (Å²) in [5, 5.41) is 1.04. The normalized spacial score (nSPS) is 12.9. The molecule has 0 aliphatic rings. The second kappa shape index (κ2) is 4.80. The summed E-state index contributed by atoms with van der Waals surface area (Å²) in [7, 11) is 0. The Morgan fingerprint density at radius 2 is 2.08 bits per heavy atom. The van der Waals surface area contributed by atoms with Crippen LogP contribution >= 0.6 is 23.2 Å². The van der Waals surface area contributed by atoms with Gasteiger partial charge in [-0.2, -0.15) is 0 Å². The van der Waals surface area contributed by atoms with Crippen LogP contribution in [0.4, 0.5) is 4.39 Å². The fraction of sp³-hybridized carbons (Fsp3) is 0.333. The third-order valence-corrected chi connectivity index (χ3v) is 2.30. The molecule has 0 aliphatic carbocycles. The van der Waals surface area contributed by atoms with Gasteiger partial charge in [-0.05, 0) is 17.7 Å². The molecular formula is C9H10Cl2FN. The van der Waals surface area contributed by atoms with Crippen LogP contribution in [-0.2, 0) is 6.42 Å². The molecule has 0 radical (unpaired) electrons. The fourth-order valence-corrected chi connectivity index (χ4v) is 1.49. The third kappa shape index (κ3) is 3.14. The van der Waals surface area contributed by atoms with Crippen molar-refractivity contribution in [3.05, 3.63) is 33.8 Å². The quantitative estimate of drug-likeness (QED) is 0.835. The van der Waals surface area contributed by atoms with Crippen LogP contribution in [0.15, 0.2) is 18.2 Å². The molecule has 0 aliphatic heterocycles. The third-order valence-electron chi connectivity index (χ3n) is 1.71. The maximum absolute atomic E-state index is 12.9. The van der Waals surface area contributed by atoms with Crippen LogP contribution < -0.4 is 5.73 Å². The van der Waals surface area contributed by atoms with Gasteiger partial charge in [0.2, 0.25) is 0 Å². The number of hydrogen-bond donors (Lipinski definition) is 1. The van der Waals surface area contributed by atoms with Gasteiger partial charge in [-0.25, -0.2) is 4.39 Å². The zero-order valence-electron chi connectivity index (χ0n) is 6.93. The maximum Gasteiger partial charge on any atom is 0.116 e. The summed E-state index contributed by atoms with van der Waals surface area (Å²) in [5.41, 5.74) is 5.90. The molecule has 0 saturated carbocycles. The Labute approximate surface area is 86.6 Å². The minimum atomic E-state index is -1.04. The molecule has 1 rings (SSSR count). The predicted octanol–water partition coefficient (Wildman–Crippen LogP) is 2.83. The van der Waals surface area contributed by atoms with E-state index in [4.69, 9.17) is 28.9 Å². The molecule has 0 heterocycles. The van der Waals surface area contributed by atoms with Gasteiger partial charge in [-0.1, -0.05) is 29.3 Å². The van der Waals surface area contributed by atoms with Gasteiger partial charge in [-0.15, -0.1) is 0 Å². The molecule has 2 N–H and O–H groups in total. The van der Waals surface area contributed by atoms with Crippen molar-refractivity contribution in [1.29, 1.82) is 0 Å². The highest BCUT2D eigenvalue weighted by Gasteiger charge is 2.08. The van der Waals surface area contributed by atoms with E-state index in [9.17, 15) is 4.39 Å². The van der Waals surface area contributed by atoms with E-state index in [0.29, 0.717) is 10.0 Å². The SMILES string of the molecule is NCC(F)Cc1ccc(Cl)cc1Cl. The number of benzene rings is 1. The van der Waals surface area contributed by atoms with Crippen molar-refractivity contribution in [2.24, 2.45) is 5.73 Å². The fourth-order valence-electron chi connectivity index (χ4n) is 1.01. The van der Waals surface area contributed by atoms with E-state index in [1.807, 2.05) is 0 Å². The molecule has 1 nitrogen and oxygen atoms in total. The molecule has 0 saturated heterocycles. The Kier molecular flexibility index (Phi) is 3.97. The smallest absolute Gasteiger partial charge is 0.116 e. The first kappa shape index (κ1) is 10.8. The van der Waals surface area contributed by atoms with Gasteiger partial charge in [-0.3, -0.25) is 0 Å². The van der Waals surface area contributed by atoms with Crippen molar-refractivity contribution in [2.45, 2.75) is 12.6 Å². The summed E-state index contributed by atoms with van der Waals surface area (Å²) < 4.78 is 12.9. The van der Waals surface area contributed by atoms with Gasteiger partial charge >= 0.3 is 0 Å². The van der Waals surface area contributed by atoms with Gasteiger partial charge in [0.15, 0.2) is 0 Å². The van der Waals surface area contributed by atoms with Gasteiger partial charge in [0.25, 0.3) is 0 Å². The highest BCUT2D eigenvalue weighted by Crippen LogP contribution is 2.22. The minimum absolute atomic E-state index is 0.0129. The first-order valence-corrected chi connectivity index (χ1v) is 4.67. The molecule has 0 bridgehead atoms. The van der Waals surface area contributed by atoms with Crippen LogP contribution in [0.1, 0.15) is 5.56 Å². The number of halogens is 3. The topological polar surface area (TPSA) is 26.0 Å². The summed E-state index contributed by atoms with van der Waals surface area (Å²) in [5.74, 6) is 0. The molecule has 0 aromatic heterocycles. The average Bonchev–Trinajstić information content (AvgIpc) is 2.09. The number of alkyl halides is 1. The van der Waals surface area contributed by atoms with Crippen molar-refractivity contribution in [3.63, 3.8) is 0 Å². The van der Waals surface area contributed by atoms with E-state index in [0.717, 1.165) is 5.56 Å². The van der Waals surface area contributed by atoms with Gasteiger partial charge < -0.3 is 5.73 Å². The molecule has 13 heavy (non-hydrogen) atoms. The van der Waals surface area contributed by atoms with Crippen LogP contribution in [0.25, 0.3) is 0 Å². The van der Waals surface area contributed by atoms with Crippen LogP contribution in [0, 0.1) is 0 Å². The summed E-state index contributed by atoms with van der Waals surface area (Å²) >= 11 is 11.5. The van der Waals surface area contributed by atoms with Gasteiger partial charge in [0, 0.05) is 23.0 Å². The summed E-state index contributed by atoms with van der Waals surface area (Å²) in [6.45, 7) is 0.0129. The zero-order valence-corrected chi connectivity index (χ0v) is 8.45. The molecule has 1 aromatic rings. The largest absolute Gasteiger partial charge is 0.328 e. The van der Waals surface area contributed by atoms with Crippen LogP contribution in [0.5, 0.6) is 0 Å². The predicted molar refractivity (Wildman–Crippen MR) is 54.1 cm³/mol. The van der Waals surface area contributed by atoms with Crippen molar-refractivity contribution < 1.29 is 4.39 Å². The molecule has 4 heteroatoms. The van der Waals surface area contributed by atoms with E-state index in [1.165, 1.54) is 0 Å². The summed E-state index contributed by atoms with van der Waals surface area (Å²) in [4.78, 5) is 0. The molecule has 1 unspecified atom stereocenters. The lowest BCUT2D eigenvalue weighted by atomic mass is 10.1. The number of rotatable bonds is 3. The molecule has 0 spiro atoms. The molecule has 0 amide bonds. The van der Waals surface area contributed by atoms with E-state index in [-0.39, 0.29) is 13.0 Å². The van der Waals surface area contributed by atoms with Gasteiger partial charge in [0.05, 0.1) is 0 Å². The highest BCUT2D eigenvalue weighted by molar-refractivity contribution is 6.35. The summed E-state index contributed by atoms with van der Waals surface area (Å²) in [6, 6.07) is 5.00.